The number of hydrogen-bond donors (Lipinski definition) is 2. The Kier molecular flexibility index (Phi) is 4.81. The molecule has 11 heteroatoms. The maximum absolute atomic E-state index is 12.6. The lowest BCUT2D eigenvalue weighted by Gasteiger charge is -2.06. The summed E-state index contributed by atoms with van der Waals surface area (Å²) in [5, 5.41) is 19.8. The van der Waals surface area contributed by atoms with Crippen LogP contribution in [0.4, 0.5) is 0 Å². The number of imidazole rings is 1. The van der Waals surface area contributed by atoms with E-state index >= 15 is 0 Å². The van der Waals surface area contributed by atoms with Gasteiger partial charge >= 0.3 is 5.69 Å². The van der Waals surface area contributed by atoms with Gasteiger partial charge in [0.05, 0.1) is 7.11 Å². The second-order valence-electron chi connectivity index (χ2n) is 6.11. The normalized spacial score (nSPS) is 11.6. The number of allylic oxidation sites excluding steroid dienone is 2. The number of nitrogens with zero attached hydrogens (tertiary/aromatic N) is 4. The number of ether oxygens (including phenoxy) is 1. The molecule has 2 N–H and O–H groups in total. The molecule has 0 atom stereocenters. The van der Waals surface area contributed by atoms with Gasteiger partial charge in [-0.05, 0) is 12.1 Å². The number of aliphatic hydroxyl groups is 1. The zero-order chi connectivity index (χ0) is 21.5. The number of aromatic hydroxyl groups is 1. The van der Waals surface area contributed by atoms with Gasteiger partial charge in [-0.25, -0.2) is 9.78 Å². The van der Waals surface area contributed by atoms with Crippen LogP contribution in [-0.2, 0) is 14.1 Å². The van der Waals surface area contributed by atoms with Crippen LogP contribution in [0.1, 0.15) is 15.2 Å². The van der Waals surface area contributed by atoms with Gasteiger partial charge in [0.25, 0.3) is 11.5 Å². The summed E-state index contributed by atoms with van der Waals surface area (Å²) in [5.74, 6) is -2.87. The number of aryl methyl sites for hydroxylation is 1. The Hall–Kier alpha value is -4.15. The third-order valence-electron chi connectivity index (χ3n) is 4.26. The first-order valence-electron chi connectivity index (χ1n) is 8.16. The number of carbonyl (C=O) groups excluding carboxylic acids is 2. The second kappa shape index (κ2) is 7.11. The van der Waals surface area contributed by atoms with Crippen LogP contribution in [0.2, 0.25) is 0 Å². The first-order valence-corrected chi connectivity index (χ1v) is 8.16. The molecule has 2 aromatic heterocycles. The lowest BCUT2D eigenvalue weighted by molar-refractivity contribution is 0.0893. The molecule has 0 aliphatic heterocycles. The number of phenols is 1. The molecular weight excluding hydrogens is 384 g/mol. The van der Waals surface area contributed by atoms with Crippen LogP contribution in [0.5, 0.6) is 11.5 Å². The van der Waals surface area contributed by atoms with Gasteiger partial charge in [-0.3, -0.25) is 28.1 Å². The first-order chi connectivity index (χ1) is 13.6. The fraction of sp³-hybridized carbons (Fsp3) is 0.167. The molecule has 3 aromatic rings. The molecule has 0 bridgehead atoms. The van der Waals surface area contributed by atoms with Crippen LogP contribution < -0.4 is 16.0 Å². The predicted molar refractivity (Wildman–Crippen MR) is 101 cm³/mol. The predicted octanol–water partition coefficient (Wildman–Crippen LogP) is 0.113. The second-order valence-corrected chi connectivity index (χ2v) is 6.11. The zero-order valence-electron chi connectivity index (χ0n) is 15.6. The summed E-state index contributed by atoms with van der Waals surface area (Å²) in [6, 6.07) is 3.73. The highest BCUT2D eigenvalue weighted by Gasteiger charge is 2.21. The minimum atomic E-state index is -1.09. The Labute approximate surface area is 162 Å². The summed E-state index contributed by atoms with van der Waals surface area (Å²) < 4.78 is 7.57. The summed E-state index contributed by atoms with van der Waals surface area (Å²) in [7, 11) is 3.96. The minimum absolute atomic E-state index is 0.0324. The van der Waals surface area contributed by atoms with Gasteiger partial charge in [-0.15, -0.1) is 0 Å². The molecular formula is C18H16N4O7. The average molecular weight is 400 g/mol. The molecule has 3 rings (SSSR count). The molecule has 1 aromatic carbocycles. The summed E-state index contributed by atoms with van der Waals surface area (Å²) in [6.45, 7) is 0. The van der Waals surface area contributed by atoms with Gasteiger partial charge in [0.2, 0.25) is 0 Å². The van der Waals surface area contributed by atoms with Crippen molar-refractivity contribution in [2.75, 3.05) is 7.11 Å². The number of methoxy groups -OCH3 is 1. The van der Waals surface area contributed by atoms with Crippen molar-refractivity contribution in [3.8, 4) is 11.5 Å². The third-order valence-corrected chi connectivity index (χ3v) is 4.26. The Balaban J connectivity index is 2.05. The Morgan fingerprint density at radius 3 is 2.48 bits per heavy atom. The van der Waals surface area contributed by atoms with Crippen molar-refractivity contribution < 1.29 is 24.5 Å². The average Bonchev–Trinajstić information content (AvgIpc) is 3.14. The number of aliphatic hydroxyl groups excluding tert-OH is 1. The van der Waals surface area contributed by atoms with Crippen molar-refractivity contribution in [2.45, 2.75) is 0 Å². The SMILES string of the molecule is COc1cc(O)cc(C(=O)C=C(O)C(=O)n2cnc3c2c(=O)n(C)c(=O)n3C)c1. The van der Waals surface area contributed by atoms with Gasteiger partial charge in [0.15, 0.2) is 22.7 Å². The Morgan fingerprint density at radius 2 is 1.83 bits per heavy atom. The summed E-state index contributed by atoms with van der Waals surface area (Å²) >= 11 is 0. The van der Waals surface area contributed by atoms with E-state index in [0.717, 1.165) is 26.1 Å². The summed E-state index contributed by atoms with van der Waals surface area (Å²) in [4.78, 5) is 53.1. The van der Waals surface area contributed by atoms with Crippen LogP contribution in [-0.4, -0.2) is 47.7 Å². The number of phenolic OH excluding ortho intramolecular Hbond substituents is 1. The molecule has 29 heavy (non-hydrogen) atoms. The van der Waals surface area contributed by atoms with Crippen molar-refractivity contribution in [3.63, 3.8) is 0 Å². The van der Waals surface area contributed by atoms with E-state index in [4.69, 9.17) is 4.74 Å². The fourth-order valence-electron chi connectivity index (χ4n) is 2.73. The minimum Gasteiger partial charge on any atom is -0.508 e. The number of fused-ring (bicyclic) bond motifs is 1. The molecule has 0 unspecified atom stereocenters. The standard InChI is InChI=1S/C18H16N4O7/c1-20-15-14(17(27)21(2)18(20)28)22(8-19-15)16(26)13(25)7-12(24)9-4-10(23)6-11(5-9)29-3/h4-8,23,25H,1-3H3. The van der Waals surface area contributed by atoms with Crippen LogP contribution in [0.3, 0.4) is 0 Å². The van der Waals surface area contributed by atoms with Crippen molar-refractivity contribution in [3.05, 3.63) is 62.8 Å². The smallest absolute Gasteiger partial charge is 0.332 e. The summed E-state index contributed by atoms with van der Waals surface area (Å²) in [6.07, 6.45) is 1.62. The van der Waals surface area contributed by atoms with Crippen LogP contribution in [0.15, 0.2) is 46.0 Å². The highest BCUT2D eigenvalue weighted by atomic mass is 16.5. The quantitative estimate of drug-likeness (QED) is 0.357. The van der Waals surface area contributed by atoms with E-state index in [1.54, 1.807) is 0 Å². The molecule has 0 amide bonds. The van der Waals surface area contributed by atoms with Crippen LogP contribution in [0.25, 0.3) is 11.2 Å². The highest BCUT2D eigenvalue weighted by molar-refractivity contribution is 6.10. The first kappa shape index (κ1) is 19.6. The van der Waals surface area contributed by atoms with Crippen molar-refractivity contribution in [1.29, 1.82) is 0 Å². The van der Waals surface area contributed by atoms with Gasteiger partial charge in [0.1, 0.15) is 17.8 Å². The molecule has 0 spiro atoms. The monoisotopic (exact) mass is 400 g/mol. The van der Waals surface area contributed by atoms with Gasteiger partial charge in [-0.2, -0.15) is 0 Å². The largest absolute Gasteiger partial charge is 0.508 e. The summed E-state index contributed by atoms with van der Waals surface area (Å²) in [5.41, 5.74) is -1.73. The van der Waals surface area contributed by atoms with Crippen LogP contribution >= 0.6 is 0 Å². The molecule has 0 fully saturated rings. The number of hydrogen-bond acceptors (Lipinski definition) is 8. The van der Waals surface area contributed by atoms with E-state index in [2.05, 4.69) is 4.98 Å². The van der Waals surface area contributed by atoms with E-state index < -0.39 is 28.7 Å². The van der Waals surface area contributed by atoms with E-state index in [9.17, 15) is 29.4 Å². The number of rotatable bonds is 4. The van der Waals surface area contributed by atoms with E-state index in [1.165, 1.54) is 33.3 Å². The number of aromatic nitrogens is 4. The van der Waals surface area contributed by atoms with Crippen molar-refractivity contribution in [2.24, 2.45) is 14.1 Å². The van der Waals surface area contributed by atoms with Crippen molar-refractivity contribution in [1.82, 2.24) is 18.7 Å². The van der Waals surface area contributed by atoms with E-state index in [0.29, 0.717) is 6.08 Å². The molecule has 2 heterocycles. The van der Waals surface area contributed by atoms with Crippen LogP contribution in [0, 0.1) is 0 Å². The van der Waals surface area contributed by atoms with E-state index in [1.807, 2.05) is 0 Å². The molecule has 150 valence electrons. The fourth-order valence-corrected chi connectivity index (χ4v) is 2.73. The van der Waals surface area contributed by atoms with Crippen molar-refractivity contribution >= 4 is 22.9 Å². The van der Waals surface area contributed by atoms with Gasteiger partial charge in [0, 0.05) is 31.8 Å². The molecule has 0 aliphatic rings. The number of benzene rings is 1. The Bertz CT molecular complexity index is 1310. The third kappa shape index (κ3) is 3.29. The topological polar surface area (TPSA) is 146 Å². The molecule has 11 nitrogen and oxygen atoms in total. The molecule has 0 saturated heterocycles. The zero-order valence-corrected chi connectivity index (χ0v) is 15.6. The van der Waals surface area contributed by atoms with Gasteiger partial charge in [-0.1, -0.05) is 0 Å². The molecule has 0 aliphatic carbocycles. The lowest BCUT2D eigenvalue weighted by atomic mass is 10.1. The highest BCUT2D eigenvalue weighted by Crippen LogP contribution is 2.22. The Morgan fingerprint density at radius 1 is 1.14 bits per heavy atom. The van der Waals surface area contributed by atoms with Gasteiger partial charge < -0.3 is 14.9 Å². The van der Waals surface area contributed by atoms with E-state index in [-0.39, 0.29) is 28.2 Å². The maximum atomic E-state index is 12.6. The lowest BCUT2D eigenvalue weighted by Crippen LogP contribution is -2.38. The molecule has 0 saturated carbocycles. The maximum Gasteiger partial charge on any atom is 0.332 e. The number of carbonyl (C=O) groups is 2. The molecule has 0 radical (unpaired) electrons. The number of ketones is 1.